The van der Waals surface area contributed by atoms with Crippen molar-refractivity contribution in [1.82, 2.24) is 0 Å². The summed E-state index contributed by atoms with van der Waals surface area (Å²) in [5.41, 5.74) is 1.92. The number of quaternary nitrogens is 1. The zero-order valence-corrected chi connectivity index (χ0v) is 11.6. The van der Waals surface area contributed by atoms with Crippen LogP contribution < -0.4 is 4.90 Å². The molecule has 0 saturated carbocycles. The van der Waals surface area contributed by atoms with Gasteiger partial charge in [-0.25, -0.2) is 9.69 Å². The highest BCUT2D eigenvalue weighted by Crippen LogP contribution is 2.24. The van der Waals surface area contributed by atoms with Crippen LogP contribution in [0.25, 0.3) is 5.70 Å². The van der Waals surface area contributed by atoms with E-state index in [4.69, 9.17) is 0 Å². The van der Waals surface area contributed by atoms with Gasteiger partial charge in [-0.1, -0.05) is 6.07 Å². The molecule has 0 fully saturated rings. The van der Waals surface area contributed by atoms with Gasteiger partial charge in [0.05, 0.1) is 11.8 Å². The Bertz CT molecular complexity index is 681. The van der Waals surface area contributed by atoms with Crippen LogP contribution in [0.1, 0.15) is 12.5 Å². The predicted octanol–water partition coefficient (Wildman–Crippen LogP) is 0.453. The van der Waals surface area contributed by atoms with E-state index in [9.17, 15) is 14.9 Å². The average Bonchev–Trinajstić information content (AvgIpc) is 2.99. The lowest BCUT2D eigenvalue weighted by Gasteiger charge is -2.06. The van der Waals surface area contributed by atoms with E-state index in [1.165, 1.54) is 17.8 Å². The minimum Gasteiger partial charge on any atom is -0.258 e. The Morgan fingerprint density at radius 2 is 2.30 bits per heavy atom. The van der Waals surface area contributed by atoms with Gasteiger partial charge in [-0.2, -0.15) is 0 Å². The molecule has 6 nitrogen and oxygen atoms in total. The molecule has 2 heterocycles. The molecule has 1 aromatic carbocycles. The molecule has 0 spiro atoms. The van der Waals surface area contributed by atoms with E-state index in [1.54, 1.807) is 23.6 Å². The number of amides is 1. The number of fused-ring (bicyclic) bond motifs is 1. The van der Waals surface area contributed by atoms with Gasteiger partial charge in [-0.3, -0.25) is 10.1 Å². The van der Waals surface area contributed by atoms with Crippen molar-refractivity contribution in [2.75, 3.05) is 13.1 Å². The molecular weight excluding hydrogens is 278 g/mol. The van der Waals surface area contributed by atoms with E-state index in [-0.39, 0.29) is 11.6 Å². The highest BCUT2D eigenvalue weighted by molar-refractivity contribution is 8.16. The second-order valence-corrected chi connectivity index (χ2v) is 5.52. The van der Waals surface area contributed by atoms with Crippen molar-refractivity contribution in [3.63, 3.8) is 0 Å². The van der Waals surface area contributed by atoms with E-state index >= 15 is 0 Å². The molecule has 3 rings (SSSR count). The van der Waals surface area contributed by atoms with E-state index in [1.807, 2.05) is 11.5 Å². The number of benzene rings is 1. The predicted molar refractivity (Wildman–Crippen MR) is 75.3 cm³/mol. The van der Waals surface area contributed by atoms with Crippen molar-refractivity contribution in [2.24, 2.45) is 0 Å². The number of carbonyl (C=O) groups is 1. The average molecular weight is 291 g/mol. The largest absolute Gasteiger partial charge is 0.417 e. The van der Waals surface area contributed by atoms with Crippen molar-refractivity contribution < 1.29 is 19.2 Å². The van der Waals surface area contributed by atoms with Crippen LogP contribution in [0.3, 0.4) is 0 Å². The highest BCUT2D eigenvalue weighted by atomic mass is 32.2. The first kappa shape index (κ1) is 13.0. The quantitative estimate of drug-likeness (QED) is 0.488. The standard InChI is InChI=1S/C13H12N3O3S/c1-9(17)14-5-6-15-12(8-20-13(14)15)10-3-2-4-11(7-10)16(18)19/h2-4,7-8H,5-6H2,1H3/q+1/p+1. The second kappa shape index (κ2) is 4.84. The van der Waals surface area contributed by atoms with Crippen LogP contribution >= 0.6 is 11.8 Å². The number of hydrogen-bond acceptors (Lipinski definition) is 4. The number of rotatable bonds is 2. The molecule has 0 aliphatic carbocycles. The molecule has 1 unspecified atom stereocenters. The van der Waals surface area contributed by atoms with Crippen molar-refractivity contribution >= 4 is 34.2 Å². The van der Waals surface area contributed by atoms with Gasteiger partial charge in [-0.05, 0) is 6.07 Å². The Hall–Kier alpha value is -1.99. The Morgan fingerprint density at radius 3 is 3.00 bits per heavy atom. The number of thioether (sulfide) groups is 1. The van der Waals surface area contributed by atoms with Crippen LogP contribution in [0.2, 0.25) is 0 Å². The Kier molecular flexibility index (Phi) is 3.15. The number of hydrogen-bond donors (Lipinski definition) is 1. The minimum absolute atomic E-state index is 0.0381. The Labute approximate surface area is 119 Å². The van der Waals surface area contributed by atoms with Gasteiger partial charge < -0.3 is 0 Å². The fourth-order valence-corrected chi connectivity index (χ4v) is 3.70. The molecule has 2 aliphatic rings. The van der Waals surface area contributed by atoms with Gasteiger partial charge in [0.1, 0.15) is 0 Å². The molecule has 1 N–H and O–H groups in total. The maximum atomic E-state index is 11.5. The lowest BCUT2D eigenvalue weighted by atomic mass is 10.1. The number of nitrogens with zero attached hydrogens (tertiary/aromatic N) is 2. The third-order valence-electron chi connectivity index (χ3n) is 3.45. The Morgan fingerprint density at radius 1 is 1.50 bits per heavy atom. The summed E-state index contributed by atoms with van der Waals surface area (Å²) in [6, 6.07) is 6.62. The SMILES string of the molecule is CC(=O)[N+]1=C2SC=C(c3cccc([N+](=O)[O-])c3)[NH+]2CC1. The zero-order valence-electron chi connectivity index (χ0n) is 10.8. The Balaban J connectivity index is 1.96. The molecule has 2 aliphatic heterocycles. The molecule has 0 radical (unpaired) electrons. The third-order valence-corrected chi connectivity index (χ3v) is 4.49. The number of nitro benzene ring substituents is 1. The van der Waals surface area contributed by atoms with Gasteiger partial charge >= 0.3 is 11.1 Å². The first-order valence-corrected chi connectivity index (χ1v) is 7.09. The fraction of sp³-hybridized carbons (Fsp3) is 0.231. The molecule has 102 valence electrons. The summed E-state index contributed by atoms with van der Waals surface area (Å²) in [5, 5.41) is 13.8. The van der Waals surface area contributed by atoms with Gasteiger partial charge in [-0.15, -0.1) is 4.58 Å². The topological polar surface area (TPSA) is 67.7 Å². The summed E-state index contributed by atoms with van der Waals surface area (Å²) in [5.74, 6) is 0.0381. The molecule has 1 aromatic rings. The van der Waals surface area contributed by atoms with Gasteiger partial charge in [0, 0.05) is 34.9 Å². The van der Waals surface area contributed by atoms with Crippen molar-refractivity contribution in [2.45, 2.75) is 6.92 Å². The lowest BCUT2D eigenvalue weighted by Crippen LogP contribution is -3.09. The summed E-state index contributed by atoms with van der Waals surface area (Å²) >= 11 is 1.52. The van der Waals surface area contributed by atoms with Crippen LogP contribution in [0, 0.1) is 10.1 Å². The second-order valence-electron chi connectivity index (χ2n) is 4.66. The van der Waals surface area contributed by atoms with Crippen molar-refractivity contribution in [1.29, 1.82) is 0 Å². The minimum atomic E-state index is -0.391. The summed E-state index contributed by atoms with van der Waals surface area (Å²) in [6.07, 6.45) is 0. The van der Waals surface area contributed by atoms with Gasteiger partial charge in [0.2, 0.25) is 6.54 Å². The molecule has 0 bridgehead atoms. The summed E-state index contributed by atoms with van der Waals surface area (Å²) in [4.78, 5) is 23.1. The molecular formula is C13H13N3O3S+2. The normalized spacial score (nSPS) is 20.9. The number of nitro groups is 1. The molecule has 1 atom stereocenters. The van der Waals surface area contributed by atoms with Crippen LogP contribution in [0.4, 0.5) is 5.69 Å². The van der Waals surface area contributed by atoms with E-state index in [0.717, 1.165) is 27.9 Å². The first-order chi connectivity index (χ1) is 9.58. The summed E-state index contributed by atoms with van der Waals surface area (Å²) in [7, 11) is 0. The first-order valence-electron chi connectivity index (χ1n) is 6.21. The molecule has 7 heteroatoms. The lowest BCUT2D eigenvalue weighted by molar-refractivity contribution is -0.711. The monoisotopic (exact) mass is 291 g/mol. The summed E-state index contributed by atoms with van der Waals surface area (Å²) < 4.78 is 1.76. The fourth-order valence-electron chi connectivity index (χ4n) is 2.50. The van der Waals surface area contributed by atoms with E-state index in [2.05, 4.69) is 0 Å². The van der Waals surface area contributed by atoms with Crippen molar-refractivity contribution in [3.8, 4) is 0 Å². The summed E-state index contributed by atoms with van der Waals surface area (Å²) in [6.45, 7) is 3.05. The van der Waals surface area contributed by atoms with E-state index < -0.39 is 4.92 Å². The smallest absolute Gasteiger partial charge is 0.258 e. The van der Waals surface area contributed by atoms with Crippen LogP contribution in [0.15, 0.2) is 29.7 Å². The number of carbonyl (C=O) groups excluding carboxylic acids is 1. The molecule has 1 amide bonds. The van der Waals surface area contributed by atoms with E-state index in [0.29, 0.717) is 6.54 Å². The third kappa shape index (κ3) is 2.04. The maximum absolute atomic E-state index is 11.5. The van der Waals surface area contributed by atoms with Crippen molar-refractivity contribution in [3.05, 3.63) is 45.4 Å². The van der Waals surface area contributed by atoms with Crippen LogP contribution in [-0.2, 0) is 4.79 Å². The number of amidine groups is 1. The molecule has 0 aromatic heterocycles. The number of non-ortho nitro benzene ring substituents is 1. The highest BCUT2D eigenvalue weighted by Gasteiger charge is 2.45. The molecule has 0 saturated heterocycles. The van der Waals surface area contributed by atoms with Crippen LogP contribution in [-0.4, -0.2) is 33.7 Å². The van der Waals surface area contributed by atoms with Crippen LogP contribution in [0.5, 0.6) is 0 Å². The van der Waals surface area contributed by atoms with Gasteiger partial charge in [0.25, 0.3) is 5.69 Å². The van der Waals surface area contributed by atoms with Gasteiger partial charge in [0.15, 0.2) is 12.2 Å². The number of nitrogens with one attached hydrogen (secondary N) is 1. The zero-order chi connectivity index (χ0) is 14.3. The molecule has 20 heavy (non-hydrogen) atoms. The maximum Gasteiger partial charge on any atom is 0.417 e.